The minimum atomic E-state index is -0.864. The van der Waals surface area contributed by atoms with Crippen LogP contribution in [0.4, 0.5) is 8.78 Å². The van der Waals surface area contributed by atoms with Gasteiger partial charge < -0.3 is 5.73 Å². The van der Waals surface area contributed by atoms with Crippen molar-refractivity contribution in [1.82, 2.24) is 20.2 Å². The number of rotatable bonds is 4. The first-order valence-electron chi connectivity index (χ1n) is 5.47. The van der Waals surface area contributed by atoms with E-state index in [1.54, 1.807) is 7.05 Å². The van der Waals surface area contributed by atoms with E-state index in [2.05, 4.69) is 15.4 Å². The fourth-order valence-corrected chi connectivity index (χ4v) is 1.70. The van der Waals surface area contributed by atoms with Crippen LogP contribution in [0.25, 0.3) is 0 Å². The molecule has 0 fully saturated rings. The molecule has 0 saturated heterocycles. The molecule has 18 heavy (non-hydrogen) atoms. The lowest BCUT2D eigenvalue weighted by molar-refractivity contribution is 0.491. The van der Waals surface area contributed by atoms with E-state index in [1.807, 2.05) is 0 Å². The molecule has 0 bridgehead atoms. The van der Waals surface area contributed by atoms with Gasteiger partial charge in [0.2, 0.25) is 0 Å². The van der Waals surface area contributed by atoms with Gasteiger partial charge in [-0.1, -0.05) is 12.1 Å². The van der Waals surface area contributed by atoms with Gasteiger partial charge >= 0.3 is 0 Å². The zero-order chi connectivity index (χ0) is 13.1. The molecule has 1 atom stereocenters. The quantitative estimate of drug-likeness (QED) is 0.866. The Bertz CT molecular complexity index is 540. The van der Waals surface area contributed by atoms with Gasteiger partial charge in [0.1, 0.15) is 0 Å². The predicted octanol–water partition coefficient (Wildman–Crippen LogP) is 0.601. The first kappa shape index (κ1) is 12.6. The van der Waals surface area contributed by atoms with Crippen LogP contribution in [0.1, 0.15) is 11.4 Å². The van der Waals surface area contributed by atoms with Gasteiger partial charge in [-0.2, -0.15) is 4.80 Å². The zero-order valence-electron chi connectivity index (χ0n) is 9.85. The summed E-state index contributed by atoms with van der Waals surface area (Å²) >= 11 is 0. The third kappa shape index (κ3) is 2.86. The maximum atomic E-state index is 13.4. The number of hydrogen-bond acceptors (Lipinski definition) is 4. The fraction of sp³-hybridized carbons (Fsp3) is 0.364. The van der Waals surface area contributed by atoms with E-state index in [9.17, 15) is 8.78 Å². The Kier molecular flexibility index (Phi) is 3.61. The van der Waals surface area contributed by atoms with Crippen molar-refractivity contribution in [2.75, 3.05) is 0 Å². The maximum Gasteiger partial charge on any atom is 0.176 e. The van der Waals surface area contributed by atoms with E-state index in [-0.39, 0.29) is 18.0 Å². The topological polar surface area (TPSA) is 69.6 Å². The van der Waals surface area contributed by atoms with Crippen LogP contribution in [0, 0.1) is 11.6 Å². The lowest BCUT2D eigenvalue weighted by Gasteiger charge is -2.10. The van der Waals surface area contributed by atoms with Gasteiger partial charge in [0, 0.05) is 12.5 Å². The first-order valence-corrected chi connectivity index (χ1v) is 5.47. The average molecular weight is 253 g/mol. The largest absolute Gasteiger partial charge is 0.327 e. The molecular formula is C11H13F2N5. The van der Waals surface area contributed by atoms with Crippen LogP contribution in [0.5, 0.6) is 0 Å². The van der Waals surface area contributed by atoms with Crippen molar-refractivity contribution in [1.29, 1.82) is 0 Å². The number of halogens is 2. The van der Waals surface area contributed by atoms with Crippen LogP contribution in [0.2, 0.25) is 0 Å². The molecule has 0 aliphatic rings. The Hall–Kier alpha value is -1.89. The summed E-state index contributed by atoms with van der Waals surface area (Å²) in [4.78, 5) is 1.32. The lowest BCUT2D eigenvalue weighted by atomic mass is 10.0. The SMILES string of the molecule is Cn1nnc(CC(N)Cc2cccc(F)c2F)n1. The van der Waals surface area contributed by atoms with Crippen molar-refractivity contribution >= 4 is 0 Å². The molecule has 0 spiro atoms. The molecule has 1 aromatic carbocycles. The van der Waals surface area contributed by atoms with Gasteiger partial charge in [-0.3, -0.25) is 0 Å². The highest BCUT2D eigenvalue weighted by Crippen LogP contribution is 2.13. The highest BCUT2D eigenvalue weighted by atomic mass is 19.2. The van der Waals surface area contributed by atoms with E-state index in [0.717, 1.165) is 6.07 Å². The highest BCUT2D eigenvalue weighted by Gasteiger charge is 2.13. The van der Waals surface area contributed by atoms with Gasteiger partial charge in [-0.25, -0.2) is 8.78 Å². The predicted molar refractivity (Wildman–Crippen MR) is 60.5 cm³/mol. The molecule has 7 heteroatoms. The van der Waals surface area contributed by atoms with E-state index in [1.165, 1.54) is 16.9 Å². The van der Waals surface area contributed by atoms with Gasteiger partial charge in [0.05, 0.1) is 7.05 Å². The number of nitrogens with two attached hydrogens (primary N) is 1. The lowest BCUT2D eigenvalue weighted by Crippen LogP contribution is -2.26. The van der Waals surface area contributed by atoms with Crippen LogP contribution >= 0.6 is 0 Å². The molecule has 1 unspecified atom stereocenters. The minimum Gasteiger partial charge on any atom is -0.327 e. The van der Waals surface area contributed by atoms with Crippen molar-refractivity contribution in [2.24, 2.45) is 12.8 Å². The molecule has 1 heterocycles. The molecule has 0 aliphatic carbocycles. The van der Waals surface area contributed by atoms with Crippen molar-refractivity contribution in [3.05, 3.63) is 41.2 Å². The second kappa shape index (κ2) is 5.18. The molecule has 2 rings (SSSR count). The standard InChI is InChI=1S/C11H13F2N5/c1-18-16-10(15-17-18)6-8(14)5-7-3-2-4-9(12)11(7)13/h2-4,8H,5-6,14H2,1H3. The molecule has 0 radical (unpaired) electrons. The summed E-state index contributed by atoms with van der Waals surface area (Å²) in [6.45, 7) is 0. The molecular weight excluding hydrogens is 240 g/mol. The van der Waals surface area contributed by atoms with Gasteiger partial charge in [-0.15, -0.1) is 10.2 Å². The van der Waals surface area contributed by atoms with Crippen LogP contribution in [-0.2, 0) is 19.9 Å². The molecule has 0 saturated carbocycles. The summed E-state index contributed by atoms with van der Waals surface area (Å²) in [5, 5.41) is 11.4. The number of aromatic nitrogens is 4. The van der Waals surface area contributed by atoms with E-state index in [4.69, 9.17) is 5.73 Å². The molecule has 1 aromatic heterocycles. The smallest absolute Gasteiger partial charge is 0.176 e. The minimum absolute atomic E-state index is 0.224. The molecule has 0 aliphatic heterocycles. The summed E-state index contributed by atoms with van der Waals surface area (Å²) in [6.07, 6.45) is 0.589. The monoisotopic (exact) mass is 253 g/mol. The number of aryl methyl sites for hydroxylation is 1. The van der Waals surface area contributed by atoms with Crippen molar-refractivity contribution < 1.29 is 8.78 Å². The number of nitrogens with zero attached hydrogens (tertiary/aromatic N) is 4. The molecule has 5 nitrogen and oxygen atoms in total. The third-order valence-electron chi connectivity index (χ3n) is 2.51. The summed E-state index contributed by atoms with van der Waals surface area (Å²) in [5.74, 6) is -1.22. The Balaban J connectivity index is 2.03. The van der Waals surface area contributed by atoms with Crippen LogP contribution < -0.4 is 5.73 Å². The second-order valence-corrected chi connectivity index (χ2v) is 4.08. The first-order chi connectivity index (χ1) is 8.56. The van der Waals surface area contributed by atoms with Crippen LogP contribution in [0.3, 0.4) is 0 Å². The zero-order valence-corrected chi connectivity index (χ0v) is 9.85. The number of benzene rings is 1. The Morgan fingerprint density at radius 2 is 2.11 bits per heavy atom. The Labute approximate surface area is 103 Å². The molecule has 2 aromatic rings. The molecule has 96 valence electrons. The van der Waals surface area contributed by atoms with Gasteiger partial charge in [0.25, 0.3) is 0 Å². The summed E-state index contributed by atoms with van der Waals surface area (Å²) in [7, 11) is 1.65. The third-order valence-corrected chi connectivity index (χ3v) is 2.51. The average Bonchev–Trinajstić information content (AvgIpc) is 2.70. The van der Waals surface area contributed by atoms with Crippen molar-refractivity contribution in [2.45, 2.75) is 18.9 Å². The van der Waals surface area contributed by atoms with Gasteiger partial charge in [-0.05, 0) is 23.3 Å². The fourth-order valence-electron chi connectivity index (χ4n) is 1.70. The summed E-state index contributed by atoms with van der Waals surface area (Å²) in [6, 6.07) is 3.67. The van der Waals surface area contributed by atoms with Crippen molar-refractivity contribution in [3.63, 3.8) is 0 Å². The number of hydrogen-bond donors (Lipinski definition) is 1. The molecule has 2 N–H and O–H groups in total. The molecule has 0 amide bonds. The summed E-state index contributed by atoms with van der Waals surface area (Å²) < 4.78 is 26.4. The highest BCUT2D eigenvalue weighted by molar-refractivity contribution is 5.20. The second-order valence-electron chi connectivity index (χ2n) is 4.08. The maximum absolute atomic E-state index is 13.4. The van der Waals surface area contributed by atoms with E-state index >= 15 is 0 Å². The normalized spacial score (nSPS) is 12.7. The van der Waals surface area contributed by atoms with Crippen molar-refractivity contribution in [3.8, 4) is 0 Å². The Morgan fingerprint density at radius 3 is 2.78 bits per heavy atom. The number of tetrazole rings is 1. The van der Waals surface area contributed by atoms with Gasteiger partial charge in [0.15, 0.2) is 17.5 Å². The van der Waals surface area contributed by atoms with E-state index in [0.29, 0.717) is 12.2 Å². The van der Waals surface area contributed by atoms with E-state index < -0.39 is 11.6 Å². The van der Waals surface area contributed by atoms with Crippen LogP contribution in [0.15, 0.2) is 18.2 Å². The Morgan fingerprint density at radius 1 is 1.33 bits per heavy atom. The summed E-state index contributed by atoms with van der Waals surface area (Å²) in [5.41, 5.74) is 6.12. The van der Waals surface area contributed by atoms with Crippen LogP contribution in [-0.4, -0.2) is 26.2 Å².